The number of halogens is 3. The minimum Gasteiger partial charge on any atom is -0.478 e. The summed E-state index contributed by atoms with van der Waals surface area (Å²) in [4.78, 5) is 22.4. The molecule has 0 aliphatic heterocycles. The first kappa shape index (κ1) is 29.5. The van der Waals surface area contributed by atoms with E-state index in [1.165, 1.54) is 30.3 Å². The second-order valence-electron chi connectivity index (χ2n) is 9.53. The molecule has 1 atom stereocenters. The number of ether oxygens (including phenoxy) is 1. The Labute approximate surface area is 241 Å². The molecule has 0 spiro atoms. The molecule has 0 radical (unpaired) electrons. The monoisotopic (exact) mass is 576 g/mol. The molecule has 210 valence electrons. The SMILES string of the molecule is O=C(O)c1ccc(CCC(/C=C/c2ccccc2OC(F)(F)c2ccc(Cl)cc2)Cc2ccc(C(=O)O)cc2)cc1. The average Bonchev–Trinajstić information content (AvgIpc) is 2.95. The molecule has 2 N–H and O–H groups in total. The van der Waals surface area contributed by atoms with Crippen molar-refractivity contribution in [2.45, 2.75) is 25.4 Å². The molecule has 1 unspecified atom stereocenters. The van der Waals surface area contributed by atoms with Crippen LogP contribution in [-0.2, 0) is 19.0 Å². The van der Waals surface area contributed by atoms with Gasteiger partial charge in [0.2, 0.25) is 0 Å². The van der Waals surface area contributed by atoms with Gasteiger partial charge in [-0.15, -0.1) is 0 Å². The van der Waals surface area contributed by atoms with Crippen molar-refractivity contribution < 1.29 is 33.3 Å². The van der Waals surface area contributed by atoms with Gasteiger partial charge >= 0.3 is 18.0 Å². The Morgan fingerprint density at radius 1 is 0.805 bits per heavy atom. The maximum absolute atomic E-state index is 14.9. The van der Waals surface area contributed by atoms with E-state index in [1.807, 2.05) is 6.08 Å². The first-order chi connectivity index (χ1) is 19.6. The standard InChI is InChI=1S/C33H27ClF2O5/c34-29-19-17-28(18-20-29)33(35,36)41-30-4-2-1-3-25(30)12-9-23(21-24-10-15-27(16-11-24)32(39)40)6-5-22-7-13-26(14-8-22)31(37)38/h1-4,7-20,23H,5-6,21H2,(H,37,38)(H,39,40)/b12-9+. The average molecular weight is 577 g/mol. The largest absolute Gasteiger partial charge is 0.478 e. The molecular formula is C33H27ClF2O5. The third-order valence-electron chi connectivity index (χ3n) is 6.59. The normalized spacial score (nSPS) is 12.3. The molecule has 0 bridgehead atoms. The molecule has 0 heterocycles. The third-order valence-corrected chi connectivity index (χ3v) is 6.84. The van der Waals surface area contributed by atoms with Gasteiger partial charge in [0.05, 0.1) is 16.7 Å². The Kier molecular flexibility index (Phi) is 9.53. The van der Waals surface area contributed by atoms with Crippen molar-refractivity contribution in [3.05, 3.63) is 142 Å². The first-order valence-electron chi connectivity index (χ1n) is 12.9. The van der Waals surface area contributed by atoms with Gasteiger partial charge in [-0.1, -0.05) is 66.2 Å². The van der Waals surface area contributed by atoms with Crippen molar-refractivity contribution in [2.24, 2.45) is 5.92 Å². The van der Waals surface area contributed by atoms with E-state index in [0.717, 1.165) is 11.1 Å². The third kappa shape index (κ3) is 8.25. The second kappa shape index (κ2) is 13.2. The van der Waals surface area contributed by atoms with Gasteiger partial charge in [0.25, 0.3) is 0 Å². The van der Waals surface area contributed by atoms with E-state index in [-0.39, 0.29) is 28.4 Å². The molecular weight excluding hydrogens is 550 g/mol. The lowest BCUT2D eigenvalue weighted by Gasteiger charge is -2.20. The summed E-state index contributed by atoms with van der Waals surface area (Å²) < 4.78 is 35.1. The molecule has 4 rings (SSSR count). The molecule has 0 aliphatic rings. The number of alkyl halides is 2. The zero-order chi connectivity index (χ0) is 29.4. The lowest BCUT2D eigenvalue weighted by molar-refractivity contribution is -0.185. The van der Waals surface area contributed by atoms with Crippen LogP contribution in [-0.4, -0.2) is 22.2 Å². The minimum absolute atomic E-state index is 0.0116. The number of carboxylic acid groups (broad SMARTS) is 2. The van der Waals surface area contributed by atoms with Crippen molar-refractivity contribution in [3.8, 4) is 5.75 Å². The summed E-state index contributed by atoms with van der Waals surface area (Å²) in [6, 6.07) is 25.0. The molecule has 0 saturated carbocycles. The van der Waals surface area contributed by atoms with Crippen LogP contribution in [0.4, 0.5) is 8.78 Å². The number of rotatable bonds is 12. The van der Waals surface area contributed by atoms with Crippen molar-refractivity contribution in [2.75, 3.05) is 0 Å². The fraction of sp³-hybridized carbons (Fsp3) is 0.152. The smallest absolute Gasteiger partial charge is 0.426 e. The topological polar surface area (TPSA) is 83.8 Å². The number of carbonyl (C=O) groups is 2. The number of benzene rings is 4. The Hall–Kier alpha value is -4.49. The lowest BCUT2D eigenvalue weighted by Crippen LogP contribution is -2.22. The van der Waals surface area contributed by atoms with E-state index in [0.29, 0.717) is 29.8 Å². The van der Waals surface area contributed by atoms with Gasteiger partial charge in [0.1, 0.15) is 5.75 Å². The Morgan fingerprint density at radius 2 is 1.37 bits per heavy atom. The van der Waals surface area contributed by atoms with Crippen LogP contribution in [0.25, 0.3) is 6.08 Å². The molecule has 0 saturated heterocycles. The Morgan fingerprint density at radius 3 is 1.95 bits per heavy atom. The van der Waals surface area contributed by atoms with Crippen molar-refractivity contribution >= 4 is 29.6 Å². The molecule has 4 aromatic carbocycles. The van der Waals surface area contributed by atoms with E-state index >= 15 is 0 Å². The fourth-order valence-electron chi connectivity index (χ4n) is 4.31. The van der Waals surface area contributed by atoms with Crippen LogP contribution in [0.5, 0.6) is 5.75 Å². The van der Waals surface area contributed by atoms with Gasteiger partial charge in [-0.05, 0) is 90.9 Å². The van der Waals surface area contributed by atoms with Gasteiger partial charge in [-0.2, -0.15) is 8.78 Å². The Bertz CT molecular complexity index is 1520. The van der Waals surface area contributed by atoms with Crippen LogP contribution >= 0.6 is 11.6 Å². The van der Waals surface area contributed by atoms with Crippen LogP contribution in [0.2, 0.25) is 5.02 Å². The van der Waals surface area contributed by atoms with Gasteiger partial charge in [0.15, 0.2) is 0 Å². The van der Waals surface area contributed by atoms with E-state index < -0.39 is 18.0 Å². The summed E-state index contributed by atoms with van der Waals surface area (Å²) in [5.74, 6) is -2.04. The second-order valence-corrected chi connectivity index (χ2v) is 9.97. The first-order valence-corrected chi connectivity index (χ1v) is 13.2. The highest BCUT2D eigenvalue weighted by molar-refractivity contribution is 6.30. The van der Waals surface area contributed by atoms with Crippen LogP contribution in [0, 0.1) is 5.92 Å². The summed E-state index contributed by atoms with van der Waals surface area (Å²) in [7, 11) is 0. The lowest BCUT2D eigenvalue weighted by atomic mass is 9.91. The molecule has 0 aliphatic carbocycles. The summed E-state index contributed by atoms with van der Waals surface area (Å²) in [6.07, 6.45) is 1.99. The number of aromatic carboxylic acids is 2. The van der Waals surface area contributed by atoms with E-state index in [4.69, 9.17) is 21.4 Å². The van der Waals surface area contributed by atoms with Crippen LogP contribution in [0.1, 0.15) is 49.4 Å². The minimum atomic E-state index is -3.58. The Balaban J connectivity index is 1.55. The molecule has 0 aromatic heterocycles. The molecule has 41 heavy (non-hydrogen) atoms. The van der Waals surface area contributed by atoms with Crippen molar-refractivity contribution in [1.82, 2.24) is 0 Å². The number of allylic oxidation sites excluding steroid dienone is 1. The quantitative estimate of drug-likeness (QED) is 0.177. The molecule has 0 fully saturated rings. The summed E-state index contributed by atoms with van der Waals surface area (Å²) in [5.41, 5.74) is 2.42. The predicted octanol–water partition coefficient (Wildman–Crippen LogP) is 8.37. The highest BCUT2D eigenvalue weighted by Crippen LogP contribution is 2.34. The molecule has 5 nitrogen and oxygen atoms in total. The molecule has 8 heteroatoms. The van der Waals surface area contributed by atoms with Gasteiger partial charge in [0, 0.05) is 10.6 Å². The molecule has 4 aromatic rings. The number of hydrogen-bond donors (Lipinski definition) is 2. The maximum atomic E-state index is 14.9. The van der Waals surface area contributed by atoms with Crippen molar-refractivity contribution in [1.29, 1.82) is 0 Å². The number of hydrogen-bond acceptors (Lipinski definition) is 3. The maximum Gasteiger partial charge on any atom is 0.426 e. The van der Waals surface area contributed by atoms with Gasteiger partial charge in [-0.25, -0.2) is 9.59 Å². The highest BCUT2D eigenvalue weighted by atomic mass is 35.5. The molecule has 0 amide bonds. The zero-order valence-corrected chi connectivity index (χ0v) is 22.6. The van der Waals surface area contributed by atoms with Gasteiger partial charge < -0.3 is 14.9 Å². The van der Waals surface area contributed by atoms with Crippen LogP contribution in [0.15, 0.2) is 103 Å². The summed E-state index contributed by atoms with van der Waals surface area (Å²) in [6.45, 7) is 0. The number of aryl methyl sites for hydroxylation is 1. The number of para-hydroxylation sites is 1. The van der Waals surface area contributed by atoms with E-state index in [9.17, 15) is 23.5 Å². The van der Waals surface area contributed by atoms with Gasteiger partial charge in [-0.3, -0.25) is 0 Å². The van der Waals surface area contributed by atoms with Crippen LogP contribution in [0.3, 0.4) is 0 Å². The predicted molar refractivity (Wildman–Crippen MR) is 154 cm³/mol. The van der Waals surface area contributed by atoms with E-state index in [2.05, 4.69) is 0 Å². The van der Waals surface area contributed by atoms with E-state index in [1.54, 1.807) is 72.8 Å². The number of carboxylic acids is 2. The van der Waals surface area contributed by atoms with Crippen LogP contribution < -0.4 is 4.74 Å². The van der Waals surface area contributed by atoms with Crippen molar-refractivity contribution in [3.63, 3.8) is 0 Å². The zero-order valence-electron chi connectivity index (χ0n) is 21.8. The fourth-order valence-corrected chi connectivity index (χ4v) is 4.44. The summed E-state index contributed by atoms with van der Waals surface area (Å²) in [5, 5.41) is 18.7. The summed E-state index contributed by atoms with van der Waals surface area (Å²) >= 11 is 5.84. The highest BCUT2D eigenvalue weighted by Gasteiger charge is 2.35.